The van der Waals surface area contributed by atoms with Crippen molar-refractivity contribution in [2.24, 2.45) is 0 Å². The summed E-state index contributed by atoms with van der Waals surface area (Å²) < 4.78 is 13.2. The number of hydrogen-bond acceptors (Lipinski definition) is 0. The molecule has 1 aromatic rings. The predicted molar refractivity (Wildman–Crippen MR) is 49.7 cm³/mol. The normalized spacial score (nSPS) is 10.7. The van der Waals surface area contributed by atoms with Crippen LogP contribution in [0.5, 0.6) is 0 Å². The van der Waals surface area contributed by atoms with Gasteiger partial charge in [-0.3, -0.25) is 0 Å². The van der Waals surface area contributed by atoms with E-state index in [9.17, 15) is 4.39 Å². The molecule has 0 amide bonds. The molecule has 66 valence electrons. The van der Waals surface area contributed by atoms with Crippen LogP contribution in [0.2, 0.25) is 0 Å². The zero-order chi connectivity index (χ0) is 8.97. The van der Waals surface area contributed by atoms with Crippen molar-refractivity contribution in [1.82, 2.24) is 0 Å². The molecule has 0 N–H and O–H groups in total. The minimum atomic E-state index is -0.0637. The van der Waals surface area contributed by atoms with E-state index in [2.05, 4.69) is 13.8 Å². The van der Waals surface area contributed by atoms with Crippen molar-refractivity contribution in [1.29, 1.82) is 0 Å². The Bertz CT molecular complexity index is 239. The fourth-order valence-electron chi connectivity index (χ4n) is 1.53. The molecule has 0 bridgehead atoms. The first-order chi connectivity index (χ1) is 5.79. The number of halogens is 1. The van der Waals surface area contributed by atoms with Gasteiger partial charge >= 0.3 is 0 Å². The van der Waals surface area contributed by atoms with E-state index in [0.29, 0.717) is 5.92 Å². The van der Waals surface area contributed by atoms with Gasteiger partial charge in [0.05, 0.1) is 0 Å². The predicted octanol–water partition coefficient (Wildman–Crippen LogP) is 3.73. The highest BCUT2D eigenvalue weighted by atomic mass is 19.1. The topological polar surface area (TPSA) is 0 Å². The lowest BCUT2D eigenvalue weighted by Gasteiger charge is -2.12. The first-order valence-electron chi connectivity index (χ1n) is 4.54. The summed E-state index contributed by atoms with van der Waals surface area (Å²) in [7, 11) is 0. The van der Waals surface area contributed by atoms with E-state index in [0.717, 1.165) is 18.4 Å². The molecule has 0 spiro atoms. The van der Waals surface area contributed by atoms with Gasteiger partial charge in [0, 0.05) is 0 Å². The monoisotopic (exact) mass is 166 g/mol. The van der Waals surface area contributed by atoms with Crippen LogP contribution in [0.4, 0.5) is 4.39 Å². The van der Waals surface area contributed by atoms with Gasteiger partial charge < -0.3 is 0 Å². The van der Waals surface area contributed by atoms with Crippen LogP contribution in [0.15, 0.2) is 24.3 Å². The molecule has 0 saturated carbocycles. The minimum absolute atomic E-state index is 0.0637. The van der Waals surface area contributed by atoms with Crippen molar-refractivity contribution in [2.75, 3.05) is 0 Å². The second kappa shape index (κ2) is 4.24. The summed E-state index contributed by atoms with van der Waals surface area (Å²) in [5.41, 5.74) is 0.863. The third kappa shape index (κ3) is 1.84. The standard InChI is InChI=1S/C11H15F/c1-3-9(4-2)10-7-5-6-8-11(10)12/h5-9H,3-4H2,1-2H3. The molecule has 0 radical (unpaired) electrons. The Hall–Kier alpha value is -0.850. The number of hydrogen-bond donors (Lipinski definition) is 0. The average Bonchev–Trinajstić information content (AvgIpc) is 2.10. The van der Waals surface area contributed by atoms with Crippen LogP contribution in [0.1, 0.15) is 38.2 Å². The molecule has 0 aliphatic rings. The van der Waals surface area contributed by atoms with Crippen LogP contribution < -0.4 is 0 Å². The Labute approximate surface area is 73.4 Å². The molecule has 1 aromatic carbocycles. The SMILES string of the molecule is CCC(CC)c1ccccc1F. The Morgan fingerprint density at radius 2 is 1.75 bits per heavy atom. The van der Waals surface area contributed by atoms with E-state index in [1.165, 1.54) is 6.07 Å². The molecule has 0 heterocycles. The zero-order valence-corrected chi connectivity index (χ0v) is 7.68. The average molecular weight is 166 g/mol. The van der Waals surface area contributed by atoms with E-state index >= 15 is 0 Å². The van der Waals surface area contributed by atoms with Gasteiger partial charge in [0.2, 0.25) is 0 Å². The molecule has 1 rings (SSSR count). The molecular formula is C11H15F. The smallest absolute Gasteiger partial charge is 0.126 e. The van der Waals surface area contributed by atoms with Crippen LogP contribution in [0.25, 0.3) is 0 Å². The van der Waals surface area contributed by atoms with Gasteiger partial charge in [0.15, 0.2) is 0 Å². The van der Waals surface area contributed by atoms with Gasteiger partial charge in [-0.2, -0.15) is 0 Å². The molecule has 0 unspecified atom stereocenters. The summed E-state index contributed by atoms with van der Waals surface area (Å²) >= 11 is 0. The highest BCUT2D eigenvalue weighted by Gasteiger charge is 2.10. The van der Waals surface area contributed by atoms with Crippen LogP contribution >= 0.6 is 0 Å². The maximum Gasteiger partial charge on any atom is 0.126 e. The summed E-state index contributed by atoms with van der Waals surface area (Å²) in [5, 5.41) is 0. The van der Waals surface area contributed by atoms with Gasteiger partial charge in [-0.25, -0.2) is 4.39 Å². The van der Waals surface area contributed by atoms with E-state index in [1.807, 2.05) is 12.1 Å². The molecule has 0 aromatic heterocycles. The van der Waals surface area contributed by atoms with Gasteiger partial charge in [0.1, 0.15) is 5.82 Å². The molecule has 0 fully saturated rings. The summed E-state index contributed by atoms with van der Waals surface area (Å²) in [5.74, 6) is 0.317. The highest BCUT2D eigenvalue weighted by molar-refractivity contribution is 5.21. The fraction of sp³-hybridized carbons (Fsp3) is 0.455. The first kappa shape index (κ1) is 9.24. The van der Waals surface area contributed by atoms with E-state index in [-0.39, 0.29) is 5.82 Å². The Kier molecular flexibility index (Phi) is 3.27. The van der Waals surface area contributed by atoms with Crippen molar-refractivity contribution < 1.29 is 4.39 Å². The van der Waals surface area contributed by atoms with Crippen molar-refractivity contribution in [2.45, 2.75) is 32.6 Å². The van der Waals surface area contributed by atoms with Crippen LogP contribution in [0.3, 0.4) is 0 Å². The van der Waals surface area contributed by atoms with Crippen molar-refractivity contribution in [3.8, 4) is 0 Å². The lowest BCUT2D eigenvalue weighted by molar-refractivity contribution is 0.558. The summed E-state index contributed by atoms with van der Waals surface area (Å²) in [6.07, 6.45) is 2.02. The van der Waals surface area contributed by atoms with E-state index < -0.39 is 0 Å². The molecular weight excluding hydrogens is 151 g/mol. The largest absolute Gasteiger partial charge is 0.207 e. The minimum Gasteiger partial charge on any atom is -0.207 e. The van der Waals surface area contributed by atoms with Crippen molar-refractivity contribution >= 4 is 0 Å². The fourth-order valence-corrected chi connectivity index (χ4v) is 1.53. The van der Waals surface area contributed by atoms with Gasteiger partial charge in [-0.15, -0.1) is 0 Å². The summed E-state index contributed by atoms with van der Waals surface area (Å²) in [6.45, 7) is 4.20. The van der Waals surface area contributed by atoms with Gasteiger partial charge in [-0.05, 0) is 30.4 Å². The zero-order valence-electron chi connectivity index (χ0n) is 7.68. The third-order valence-corrected chi connectivity index (χ3v) is 2.33. The Morgan fingerprint density at radius 1 is 1.17 bits per heavy atom. The summed E-state index contributed by atoms with van der Waals surface area (Å²) in [4.78, 5) is 0. The lowest BCUT2D eigenvalue weighted by atomic mass is 9.94. The molecule has 12 heavy (non-hydrogen) atoms. The Morgan fingerprint density at radius 3 is 2.25 bits per heavy atom. The second-order valence-corrected chi connectivity index (χ2v) is 3.03. The van der Waals surface area contributed by atoms with Gasteiger partial charge in [0.25, 0.3) is 0 Å². The van der Waals surface area contributed by atoms with Crippen LogP contribution in [0, 0.1) is 5.82 Å². The quantitative estimate of drug-likeness (QED) is 0.641. The number of benzene rings is 1. The maximum absolute atomic E-state index is 13.2. The first-order valence-corrected chi connectivity index (χ1v) is 4.54. The maximum atomic E-state index is 13.2. The molecule has 1 heteroatoms. The summed E-state index contributed by atoms with van der Waals surface area (Å²) in [6, 6.07) is 7.05. The van der Waals surface area contributed by atoms with Crippen LogP contribution in [-0.4, -0.2) is 0 Å². The molecule has 0 aliphatic heterocycles. The third-order valence-electron chi connectivity index (χ3n) is 2.33. The number of rotatable bonds is 3. The van der Waals surface area contributed by atoms with Crippen LogP contribution in [-0.2, 0) is 0 Å². The van der Waals surface area contributed by atoms with E-state index in [1.54, 1.807) is 6.07 Å². The van der Waals surface area contributed by atoms with Gasteiger partial charge in [-0.1, -0.05) is 32.0 Å². The van der Waals surface area contributed by atoms with E-state index in [4.69, 9.17) is 0 Å². The lowest BCUT2D eigenvalue weighted by Crippen LogP contribution is -1.98. The molecule has 0 atom stereocenters. The molecule has 0 aliphatic carbocycles. The Balaban J connectivity index is 2.92. The van der Waals surface area contributed by atoms with Crippen molar-refractivity contribution in [3.05, 3.63) is 35.6 Å². The molecule has 0 nitrogen and oxygen atoms in total. The van der Waals surface area contributed by atoms with Crippen molar-refractivity contribution in [3.63, 3.8) is 0 Å². The second-order valence-electron chi connectivity index (χ2n) is 3.03. The molecule has 0 saturated heterocycles. The highest BCUT2D eigenvalue weighted by Crippen LogP contribution is 2.24.